The number of halogens is 2. The Balaban J connectivity index is 1.98. The molecular weight excluding hydrogens is 375 g/mol. The van der Waals surface area contributed by atoms with Crippen molar-refractivity contribution in [3.63, 3.8) is 0 Å². The second kappa shape index (κ2) is 7.51. The predicted molar refractivity (Wildman–Crippen MR) is 103 cm³/mol. The van der Waals surface area contributed by atoms with E-state index in [0.717, 1.165) is 17.8 Å². The summed E-state index contributed by atoms with van der Waals surface area (Å²) in [5, 5.41) is 16.3. The van der Waals surface area contributed by atoms with Crippen molar-refractivity contribution in [3.8, 4) is 11.4 Å². The lowest BCUT2D eigenvalue weighted by Gasteiger charge is -2.05. The molecule has 0 bridgehead atoms. The van der Waals surface area contributed by atoms with Gasteiger partial charge in [-0.15, -0.1) is 0 Å². The molecule has 0 saturated carbocycles. The second-order valence-electron chi connectivity index (χ2n) is 6.28. The highest BCUT2D eigenvalue weighted by molar-refractivity contribution is 7.71. The minimum Gasteiger partial charge on any atom is -0.253 e. The largest absolute Gasteiger partial charge is 0.253 e. The van der Waals surface area contributed by atoms with Crippen LogP contribution < -0.4 is 0 Å². The zero-order chi connectivity index (χ0) is 18.8. The molecule has 3 aromatic rings. The van der Waals surface area contributed by atoms with E-state index in [4.69, 9.17) is 23.8 Å². The molecule has 0 fully saturated rings. The van der Waals surface area contributed by atoms with Crippen LogP contribution in [0.25, 0.3) is 11.4 Å². The molecule has 0 spiro atoms. The van der Waals surface area contributed by atoms with E-state index in [-0.39, 0.29) is 5.82 Å². The van der Waals surface area contributed by atoms with Crippen LogP contribution in [0.15, 0.2) is 29.4 Å². The van der Waals surface area contributed by atoms with Crippen LogP contribution in [0.2, 0.25) is 5.15 Å². The smallest absolute Gasteiger partial charge is 0.216 e. The van der Waals surface area contributed by atoms with Gasteiger partial charge in [0, 0.05) is 12.1 Å². The molecule has 0 unspecified atom stereocenters. The molecule has 1 aromatic carbocycles. The molecule has 136 valence electrons. The molecule has 0 aliphatic carbocycles. The maximum Gasteiger partial charge on any atom is 0.216 e. The van der Waals surface area contributed by atoms with Gasteiger partial charge in [0.1, 0.15) is 11.0 Å². The fraction of sp³-hybridized carbons (Fsp3) is 0.294. The van der Waals surface area contributed by atoms with Gasteiger partial charge in [-0.3, -0.25) is 4.68 Å². The fourth-order valence-electron chi connectivity index (χ4n) is 2.48. The van der Waals surface area contributed by atoms with Crippen LogP contribution in [0.4, 0.5) is 4.39 Å². The molecule has 0 amide bonds. The molecule has 0 aliphatic rings. The van der Waals surface area contributed by atoms with Crippen molar-refractivity contribution in [1.29, 1.82) is 0 Å². The number of benzene rings is 1. The third kappa shape index (κ3) is 3.76. The molecule has 0 aliphatic heterocycles. The highest BCUT2D eigenvalue weighted by atomic mass is 35.5. The maximum absolute atomic E-state index is 13.1. The van der Waals surface area contributed by atoms with Gasteiger partial charge in [0.25, 0.3) is 0 Å². The lowest BCUT2D eigenvalue weighted by molar-refractivity contribution is 0.482. The summed E-state index contributed by atoms with van der Waals surface area (Å²) >= 11 is 11.7. The van der Waals surface area contributed by atoms with Crippen LogP contribution in [0.1, 0.15) is 25.1 Å². The summed E-state index contributed by atoms with van der Waals surface area (Å²) in [5.41, 5.74) is 2.19. The first-order valence-electron chi connectivity index (χ1n) is 8.07. The lowest BCUT2D eigenvalue weighted by atomic mass is 10.2. The minimum absolute atomic E-state index is 0.321. The number of nitrogens with one attached hydrogen (secondary N) is 1. The summed E-state index contributed by atoms with van der Waals surface area (Å²) < 4.78 is 16.7. The quantitative estimate of drug-likeness (QED) is 0.515. The van der Waals surface area contributed by atoms with Crippen LogP contribution in [0.3, 0.4) is 0 Å². The first-order valence-corrected chi connectivity index (χ1v) is 8.86. The lowest BCUT2D eigenvalue weighted by Crippen LogP contribution is -2.06. The van der Waals surface area contributed by atoms with Crippen molar-refractivity contribution in [2.24, 2.45) is 11.0 Å². The number of aryl methyl sites for hydroxylation is 1. The summed E-state index contributed by atoms with van der Waals surface area (Å²) in [4.78, 5) is 0. The Labute approximate surface area is 160 Å². The minimum atomic E-state index is -0.321. The molecule has 2 aromatic heterocycles. The molecule has 0 atom stereocenters. The summed E-state index contributed by atoms with van der Waals surface area (Å²) in [6.07, 6.45) is 1.61. The van der Waals surface area contributed by atoms with Gasteiger partial charge in [-0.1, -0.05) is 25.4 Å². The summed E-state index contributed by atoms with van der Waals surface area (Å²) in [5.74, 6) is 0.580. The van der Waals surface area contributed by atoms with Crippen molar-refractivity contribution >= 4 is 30.0 Å². The van der Waals surface area contributed by atoms with Gasteiger partial charge in [0.15, 0.2) is 5.82 Å². The first kappa shape index (κ1) is 18.5. The zero-order valence-electron chi connectivity index (χ0n) is 14.6. The van der Waals surface area contributed by atoms with Gasteiger partial charge in [-0.25, -0.2) is 9.49 Å². The van der Waals surface area contributed by atoms with Crippen molar-refractivity contribution in [2.45, 2.75) is 27.3 Å². The molecule has 6 nitrogen and oxygen atoms in total. The number of hydrogen-bond acceptors (Lipinski definition) is 4. The number of H-pyrrole nitrogens is 1. The standard InChI is InChI=1S/C17H18ClFN6S/c1-10(2)9-24-15(18)14(11(3)23-24)8-20-25-16(21-22-17(25)26)12-4-6-13(19)7-5-12/h4-8,10H,9H2,1-3H3,(H,22,26)/b20-8-. The maximum atomic E-state index is 13.1. The van der Waals surface area contributed by atoms with E-state index in [2.05, 4.69) is 34.2 Å². The molecule has 9 heteroatoms. The zero-order valence-corrected chi connectivity index (χ0v) is 16.1. The monoisotopic (exact) mass is 392 g/mol. The van der Waals surface area contributed by atoms with E-state index in [1.54, 1.807) is 23.0 Å². The summed E-state index contributed by atoms with van der Waals surface area (Å²) in [6, 6.07) is 5.95. The van der Waals surface area contributed by atoms with Crippen LogP contribution >= 0.6 is 23.8 Å². The van der Waals surface area contributed by atoms with Crippen molar-refractivity contribution in [1.82, 2.24) is 24.7 Å². The third-order valence-electron chi connectivity index (χ3n) is 3.70. The highest BCUT2D eigenvalue weighted by Crippen LogP contribution is 2.21. The molecule has 1 N–H and O–H groups in total. The number of aromatic amines is 1. The highest BCUT2D eigenvalue weighted by Gasteiger charge is 2.13. The van der Waals surface area contributed by atoms with Crippen LogP contribution in [-0.2, 0) is 6.54 Å². The summed E-state index contributed by atoms with van der Waals surface area (Å²) in [6.45, 7) is 6.79. The van der Waals surface area contributed by atoms with Crippen molar-refractivity contribution in [3.05, 3.63) is 51.3 Å². The Kier molecular flexibility index (Phi) is 5.33. The third-order valence-corrected chi connectivity index (χ3v) is 4.37. The van der Waals surface area contributed by atoms with E-state index >= 15 is 0 Å². The van der Waals surface area contributed by atoms with Gasteiger partial charge in [0.05, 0.1) is 17.5 Å². The Morgan fingerprint density at radius 3 is 2.69 bits per heavy atom. The Morgan fingerprint density at radius 2 is 2.04 bits per heavy atom. The van der Waals surface area contributed by atoms with Crippen LogP contribution in [0, 0.1) is 23.4 Å². The number of hydrogen-bond donors (Lipinski definition) is 1. The van der Waals surface area contributed by atoms with Gasteiger partial charge in [-0.05, 0) is 49.3 Å². The fourth-order valence-corrected chi connectivity index (χ4v) is 2.95. The predicted octanol–water partition coefficient (Wildman–Crippen LogP) is 4.44. The van der Waals surface area contributed by atoms with E-state index in [1.165, 1.54) is 16.8 Å². The summed E-state index contributed by atoms with van der Waals surface area (Å²) in [7, 11) is 0. The van der Waals surface area contributed by atoms with Crippen molar-refractivity contribution in [2.75, 3.05) is 0 Å². The van der Waals surface area contributed by atoms with Crippen LogP contribution in [0.5, 0.6) is 0 Å². The molecule has 26 heavy (non-hydrogen) atoms. The van der Waals surface area contributed by atoms with E-state index in [9.17, 15) is 4.39 Å². The van der Waals surface area contributed by atoms with E-state index < -0.39 is 0 Å². The molecule has 0 saturated heterocycles. The van der Waals surface area contributed by atoms with E-state index in [1.807, 2.05) is 6.92 Å². The van der Waals surface area contributed by atoms with Crippen molar-refractivity contribution < 1.29 is 4.39 Å². The Morgan fingerprint density at radius 1 is 1.35 bits per heavy atom. The number of nitrogens with zero attached hydrogens (tertiary/aromatic N) is 5. The molecular formula is C17H18ClFN6S. The molecule has 3 rings (SSSR count). The van der Waals surface area contributed by atoms with Gasteiger partial charge in [-0.2, -0.15) is 20.0 Å². The first-order chi connectivity index (χ1) is 12.4. The SMILES string of the molecule is Cc1nn(CC(C)C)c(Cl)c1/C=N\n1c(-c2ccc(F)cc2)n[nH]c1=S. The van der Waals surface area contributed by atoms with Gasteiger partial charge >= 0.3 is 0 Å². The van der Waals surface area contributed by atoms with Gasteiger partial charge < -0.3 is 0 Å². The average molecular weight is 393 g/mol. The number of aromatic nitrogens is 5. The topological polar surface area (TPSA) is 63.8 Å². The van der Waals surface area contributed by atoms with Crippen LogP contribution in [-0.4, -0.2) is 30.9 Å². The Bertz CT molecular complexity index is 999. The molecule has 0 radical (unpaired) electrons. The normalized spacial score (nSPS) is 11.8. The molecule has 2 heterocycles. The Hall–Kier alpha value is -2.32. The second-order valence-corrected chi connectivity index (χ2v) is 7.03. The number of rotatable bonds is 5. The average Bonchev–Trinajstić information content (AvgIpc) is 3.07. The van der Waals surface area contributed by atoms with E-state index in [0.29, 0.717) is 27.2 Å². The van der Waals surface area contributed by atoms with Gasteiger partial charge in [0.2, 0.25) is 4.77 Å².